The minimum Gasteiger partial charge on any atom is -0.370 e. The van der Waals surface area contributed by atoms with E-state index in [1.54, 1.807) is 0 Å². The number of hydrogen-bond donors (Lipinski definition) is 1. The molecule has 0 amide bonds. The Morgan fingerprint density at radius 3 is 2.48 bits per heavy atom. The fourth-order valence-corrected chi connectivity index (χ4v) is 5.28. The van der Waals surface area contributed by atoms with Crippen molar-refractivity contribution in [2.24, 2.45) is 5.41 Å². The van der Waals surface area contributed by atoms with Crippen LogP contribution in [0.4, 0.5) is 5.69 Å². The van der Waals surface area contributed by atoms with Gasteiger partial charge in [-0.2, -0.15) is 0 Å². The number of aromatic nitrogens is 1. The fraction of sp³-hybridized carbons (Fsp3) is 0.647. The number of nitrogens with zero attached hydrogens (tertiary/aromatic N) is 2. The van der Waals surface area contributed by atoms with Gasteiger partial charge in [0.1, 0.15) is 5.69 Å². The summed E-state index contributed by atoms with van der Waals surface area (Å²) in [5, 5.41) is -0.0311. The van der Waals surface area contributed by atoms with E-state index in [0.29, 0.717) is 16.0 Å². The Labute approximate surface area is 137 Å². The van der Waals surface area contributed by atoms with Crippen LogP contribution in [0.5, 0.6) is 0 Å². The number of pyridine rings is 1. The van der Waals surface area contributed by atoms with Gasteiger partial charge in [-0.3, -0.25) is 4.79 Å². The molecular formula is C17H23N3O2S. The van der Waals surface area contributed by atoms with Crippen LogP contribution in [-0.2, 0) is 9.73 Å². The number of ketones is 1. The van der Waals surface area contributed by atoms with E-state index in [4.69, 9.17) is 4.78 Å². The number of Topliss-reactive ketones (excluding diaryl/α,β-unsaturated/α-hetero) is 1. The molecule has 0 bridgehead atoms. The van der Waals surface area contributed by atoms with Gasteiger partial charge in [-0.1, -0.05) is 0 Å². The maximum atomic E-state index is 12.7. The zero-order chi connectivity index (χ0) is 16.2. The van der Waals surface area contributed by atoms with Gasteiger partial charge < -0.3 is 4.90 Å². The van der Waals surface area contributed by atoms with E-state index in [2.05, 4.69) is 9.88 Å². The van der Waals surface area contributed by atoms with E-state index in [9.17, 15) is 9.00 Å². The normalized spacial score (nSPS) is 25.2. The average molecular weight is 333 g/mol. The molecule has 2 heterocycles. The van der Waals surface area contributed by atoms with Gasteiger partial charge in [-0.15, -0.1) is 0 Å². The van der Waals surface area contributed by atoms with Crippen molar-refractivity contribution in [3.8, 4) is 0 Å². The fourth-order valence-electron chi connectivity index (χ4n) is 3.60. The molecule has 1 aliphatic heterocycles. The Morgan fingerprint density at radius 2 is 1.96 bits per heavy atom. The molecule has 1 aromatic rings. The quantitative estimate of drug-likeness (QED) is 0.859. The Kier molecular flexibility index (Phi) is 3.31. The lowest BCUT2D eigenvalue weighted by molar-refractivity contribution is 0.101. The van der Waals surface area contributed by atoms with Crippen LogP contribution in [-0.4, -0.2) is 33.3 Å². The minimum atomic E-state index is -2.78. The minimum absolute atomic E-state index is 0.0311. The van der Waals surface area contributed by atoms with Gasteiger partial charge in [0, 0.05) is 31.5 Å². The second kappa shape index (κ2) is 5.03. The maximum absolute atomic E-state index is 12.7. The molecule has 1 spiro atoms. The Balaban J connectivity index is 1.69. The van der Waals surface area contributed by atoms with Gasteiger partial charge in [0.2, 0.25) is 0 Å². The molecule has 4 rings (SSSR count). The van der Waals surface area contributed by atoms with Gasteiger partial charge >= 0.3 is 0 Å². The van der Waals surface area contributed by atoms with Crippen LogP contribution in [0.1, 0.15) is 55.9 Å². The highest BCUT2D eigenvalue weighted by molar-refractivity contribution is 7.93. The Bertz CT molecular complexity index is 754. The molecule has 3 fully saturated rings. The van der Waals surface area contributed by atoms with Gasteiger partial charge in [0.25, 0.3) is 0 Å². The molecule has 23 heavy (non-hydrogen) atoms. The van der Waals surface area contributed by atoms with Crippen molar-refractivity contribution in [1.29, 1.82) is 4.78 Å². The molecule has 3 aliphatic rings. The summed E-state index contributed by atoms with van der Waals surface area (Å²) in [5.74, 6) is -0.0684. The van der Waals surface area contributed by atoms with E-state index >= 15 is 0 Å². The topological polar surface area (TPSA) is 74.1 Å². The van der Waals surface area contributed by atoms with Gasteiger partial charge in [-0.25, -0.2) is 14.0 Å². The summed E-state index contributed by atoms with van der Waals surface area (Å²) in [6.45, 7) is 3.37. The van der Waals surface area contributed by atoms with Crippen molar-refractivity contribution in [2.45, 2.75) is 55.6 Å². The monoisotopic (exact) mass is 333 g/mol. The van der Waals surface area contributed by atoms with E-state index in [-0.39, 0.29) is 11.0 Å². The van der Waals surface area contributed by atoms with Crippen LogP contribution in [0.15, 0.2) is 17.2 Å². The van der Waals surface area contributed by atoms with Gasteiger partial charge in [-0.05, 0) is 50.0 Å². The van der Waals surface area contributed by atoms with Crippen LogP contribution in [0, 0.1) is 10.2 Å². The number of nitrogens with one attached hydrogen (secondary N) is 1. The van der Waals surface area contributed by atoms with Crippen molar-refractivity contribution in [3.05, 3.63) is 18.0 Å². The molecule has 1 aromatic heterocycles. The standard InChI is InChI=1S/C17H23N3O2S/c1-12(21)16-15(20-8-6-17(4-5-17)7-9-20)10-14(11-19-16)23(18,22)13-2-3-13/h10-11,13,18H,2-9H2,1H3. The van der Waals surface area contributed by atoms with Crippen molar-refractivity contribution in [3.63, 3.8) is 0 Å². The second-order valence-corrected chi connectivity index (χ2v) is 9.72. The van der Waals surface area contributed by atoms with Gasteiger partial charge in [0.15, 0.2) is 5.78 Å². The number of piperidine rings is 1. The third-order valence-corrected chi connectivity index (χ3v) is 7.98. The van der Waals surface area contributed by atoms with E-state index in [1.807, 2.05) is 6.07 Å². The first-order valence-electron chi connectivity index (χ1n) is 8.45. The highest BCUT2D eigenvalue weighted by Crippen LogP contribution is 2.54. The number of rotatable bonds is 4. The smallest absolute Gasteiger partial charge is 0.180 e. The van der Waals surface area contributed by atoms with E-state index in [0.717, 1.165) is 44.5 Å². The number of anilines is 1. The summed E-state index contributed by atoms with van der Waals surface area (Å²) >= 11 is 0. The molecule has 1 unspecified atom stereocenters. The third-order valence-electron chi connectivity index (χ3n) is 5.64. The van der Waals surface area contributed by atoms with Crippen LogP contribution in [0.3, 0.4) is 0 Å². The summed E-state index contributed by atoms with van der Waals surface area (Å²) in [6.07, 6.45) is 8.19. The lowest BCUT2D eigenvalue weighted by Crippen LogP contribution is -2.35. The van der Waals surface area contributed by atoms with Crippen molar-refractivity contribution < 1.29 is 9.00 Å². The number of carbonyl (C=O) groups is 1. The van der Waals surface area contributed by atoms with Crippen molar-refractivity contribution in [2.75, 3.05) is 18.0 Å². The Hall–Kier alpha value is -1.43. The highest BCUT2D eigenvalue weighted by atomic mass is 32.2. The van der Waals surface area contributed by atoms with Crippen LogP contribution >= 0.6 is 0 Å². The maximum Gasteiger partial charge on any atom is 0.180 e. The molecule has 2 aliphatic carbocycles. The molecule has 2 saturated carbocycles. The number of hydrogen-bond acceptors (Lipinski definition) is 5. The average Bonchev–Trinajstić information content (AvgIpc) is 3.42. The Morgan fingerprint density at radius 1 is 1.30 bits per heavy atom. The zero-order valence-corrected chi connectivity index (χ0v) is 14.3. The van der Waals surface area contributed by atoms with Crippen molar-refractivity contribution >= 4 is 21.2 Å². The first-order chi connectivity index (χ1) is 10.9. The SMILES string of the molecule is CC(=O)c1ncc(S(=N)(=O)C2CC2)cc1N1CCC2(CC1)CC2. The first-order valence-corrected chi connectivity index (χ1v) is 10.1. The van der Waals surface area contributed by atoms with Crippen LogP contribution < -0.4 is 4.90 Å². The molecule has 5 nitrogen and oxygen atoms in total. The number of carbonyl (C=O) groups excluding carboxylic acids is 1. The summed E-state index contributed by atoms with van der Waals surface area (Å²) in [6, 6.07) is 1.81. The molecule has 1 saturated heterocycles. The summed E-state index contributed by atoms with van der Waals surface area (Å²) in [7, 11) is -2.78. The first kappa shape index (κ1) is 15.1. The third kappa shape index (κ3) is 2.67. The zero-order valence-electron chi connectivity index (χ0n) is 13.5. The summed E-state index contributed by atoms with van der Waals surface area (Å²) in [5.41, 5.74) is 1.80. The molecule has 0 aromatic carbocycles. The summed E-state index contributed by atoms with van der Waals surface area (Å²) in [4.78, 5) is 18.9. The largest absolute Gasteiger partial charge is 0.370 e. The van der Waals surface area contributed by atoms with Gasteiger partial charge in [0.05, 0.1) is 20.3 Å². The molecule has 1 N–H and O–H groups in total. The molecule has 6 heteroatoms. The molecule has 0 radical (unpaired) electrons. The second-order valence-electron chi connectivity index (χ2n) is 7.38. The summed E-state index contributed by atoms with van der Waals surface area (Å²) < 4.78 is 20.9. The van der Waals surface area contributed by atoms with Crippen LogP contribution in [0.2, 0.25) is 0 Å². The predicted octanol–water partition coefficient (Wildman–Crippen LogP) is 3.23. The molecule has 124 valence electrons. The lowest BCUT2D eigenvalue weighted by atomic mass is 9.93. The van der Waals surface area contributed by atoms with E-state index < -0.39 is 9.73 Å². The van der Waals surface area contributed by atoms with Crippen molar-refractivity contribution in [1.82, 2.24) is 4.98 Å². The lowest BCUT2D eigenvalue weighted by Gasteiger charge is -2.34. The van der Waals surface area contributed by atoms with E-state index in [1.165, 1.54) is 26.0 Å². The van der Waals surface area contributed by atoms with Crippen LogP contribution in [0.25, 0.3) is 0 Å². The predicted molar refractivity (Wildman–Crippen MR) is 89.5 cm³/mol. The highest BCUT2D eigenvalue weighted by Gasteiger charge is 2.45. The molecular weight excluding hydrogens is 310 g/mol. The molecule has 1 atom stereocenters.